The number of fused-ring (bicyclic) bond motifs is 1. The first-order chi connectivity index (χ1) is 15.3. The number of amides is 1. The SMILES string of the molecule is CC(OC(=O)CN=C1NS(=O)(=O)c2ccccc21)C(=O)Nc1nc(-c2ccccc2)cs1. The highest BCUT2D eigenvalue weighted by Gasteiger charge is 2.30. The van der Waals surface area contributed by atoms with Crippen molar-refractivity contribution in [3.63, 3.8) is 0 Å². The topological polar surface area (TPSA) is 127 Å². The molecule has 0 saturated carbocycles. The minimum atomic E-state index is -3.69. The first-order valence-electron chi connectivity index (χ1n) is 9.51. The molecule has 1 atom stereocenters. The van der Waals surface area contributed by atoms with Crippen molar-refractivity contribution in [2.24, 2.45) is 4.99 Å². The van der Waals surface area contributed by atoms with Gasteiger partial charge in [-0.15, -0.1) is 11.3 Å². The van der Waals surface area contributed by atoms with Gasteiger partial charge in [0, 0.05) is 16.5 Å². The number of aliphatic imine (C=N–C) groups is 1. The molecule has 1 aliphatic heterocycles. The molecule has 2 heterocycles. The summed E-state index contributed by atoms with van der Waals surface area (Å²) in [5.74, 6) is -1.24. The Morgan fingerprint density at radius 2 is 1.88 bits per heavy atom. The molecule has 4 rings (SSSR count). The molecule has 0 bridgehead atoms. The summed E-state index contributed by atoms with van der Waals surface area (Å²) >= 11 is 1.26. The summed E-state index contributed by atoms with van der Waals surface area (Å²) in [6.45, 7) is 0.985. The number of hydrogen-bond donors (Lipinski definition) is 2. The number of nitrogens with zero attached hydrogens (tertiary/aromatic N) is 2. The van der Waals surface area contributed by atoms with Crippen LogP contribution in [0.5, 0.6) is 0 Å². The molecule has 0 radical (unpaired) electrons. The van der Waals surface area contributed by atoms with E-state index in [1.165, 1.54) is 24.3 Å². The maximum atomic E-state index is 12.4. The van der Waals surface area contributed by atoms with Gasteiger partial charge in [-0.1, -0.05) is 42.5 Å². The van der Waals surface area contributed by atoms with E-state index in [9.17, 15) is 18.0 Å². The molecule has 3 aromatic rings. The van der Waals surface area contributed by atoms with E-state index in [1.807, 2.05) is 35.7 Å². The number of sulfonamides is 1. The fourth-order valence-corrected chi connectivity index (χ4v) is 4.94. The molecule has 1 aliphatic rings. The molecule has 1 amide bonds. The highest BCUT2D eigenvalue weighted by molar-refractivity contribution is 7.90. The molecule has 1 unspecified atom stereocenters. The molecule has 9 nitrogen and oxygen atoms in total. The fourth-order valence-electron chi connectivity index (χ4n) is 2.96. The van der Waals surface area contributed by atoms with E-state index in [4.69, 9.17) is 4.74 Å². The summed E-state index contributed by atoms with van der Waals surface area (Å²) in [7, 11) is -3.69. The fraction of sp³-hybridized carbons (Fsp3) is 0.143. The normalized spacial score (nSPS) is 16.1. The Balaban J connectivity index is 1.34. The largest absolute Gasteiger partial charge is 0.451 e. The standard InChI is InChI=1S/C21H18N4O5S2/c1-13(20(27)24-21-23-16(12-31-21)14-7-3-2-4-8-14)30-18(26)11-22-19-15-9-5-6-10-17(15)32(28,29)25-19/h2-10,12-13H,11H2,1H3,(H,22,25)(H,23,24,27). The molecule has 2 aromatic carbocycles. The number of thiazole rings is 1. The first kappa shape index (κ1) is 21.7. The van der Waals surface area contributed by atoms with Crippen LogP contribution in [0.15, 0.2) is 69.9 Å². The number of esters is 1. The van der Waals surface area contributed by atoms with Gasteiger partial charge in [0.15, 0.2) is 11.2 Å². The van der Waals surface area contributed by atoms with Crippen LogP contribution in [0.25, 0.3) is 11.3 Å². The third kappa shape index (κ3) is 4.68. The van der Waals surface area contributed by atoms with Gasteiger partial charge in [0.05, 0.1) is 10.6 Å². The second-order valence-corrected chi connectivity index (χ2v) is 9.30. The number of benzene rings is 2. The predicted octanol–water partition coefficient (Wildman–Crippen LogP) is 2.42. The number of nitrogens with one attached hydrogen (secondary N) is 2. The number of anilines is 1. The van der Waals surface area contributed by atoms with Crippen molar-refractivity contribution >= 4 is 44.2 Å². The van der Waals surface area contributed by atoms with Gasteiger partial charge in [-0.25, -0.2) is 13.4 Å². The lowest BCUT2D eigenvalue weighted by molar-refractivity contribution is -0.151. The van der Waals surface area contributed by atoms with Crippen LogP contribution in [0.2, 0.25) is 0 Å². The van der Waals surface area contributed by atoms with Crippen molar-refractivity contribution in [2.75, 3.05) is 11.9 Å². The zero-order valence-corrected chi connectivity index (χ0v) is 18.4. The van der Waals surface area contributed by atoms with E-state index in [-0.39, 0.29) is 10.7 Å². The van der Waals surface area contributed by atoms with Crippen molar-refractivity contribution < 1.29 is 22.7 Å². The number of aromatic nitrogens is 1. The van der Waals surface area contributed by atoms with Gasteiger partial charge < -0.3 is 4.74 Å². The van der Waals surface area contributed by atoms with Crippen LogP contribution in [0, 0.1) is 0 Å². The van der Waals surface area contributed by atoms with Gasteiger partial charge in [0.25, 0.3) is 15.9 Å². The second kappa shape index (κ2) is 8.89. The minimum Gasteiger partial charge on any atom is -0.451 e. The van der Waals surface area contributed by atoms with Crippen molar-refractivity contribution in [2.45, 2.75) is 17.9 Å². The Hall–Kier alpha value is -3.57. The van der Waals surface area contributed by atoms with Gasteiger partial charge in [0.2, 0.25) is 0 Å². The van der Waals surface area contributed by atoms with E-state index >= 15 is 0 Å². The molecule has 164 valence electrons. The lowest BCUT2D eigenvalue weighted by atomic mass is 10.2. The second-order valence-electron chi connectivity index (χ2n) is 6.79. The zero-order chi connectivity index (χ0) is 22.7. The summed E-state index contributed by atoms with van der Waals surface area (Å²) in [6, 6.07) is 15.8. The highest BCUT2D eigenvalue weighted by atomic mass is 32.2. The van der Waals surface area contributed by atoms with Crippen molar-refractivity contribution in [3.05, 3.63) is 65.5 Å². The van der Waals surface area contributed by atoms with Crippen LogP contribution in [-0.2, 0) is 24.3 Å². The Kier molecular flexibility index (Phi) is 6.01. The van der Waals surface area contributed by atoms with Crippen molar-refractivity contribution in [1.82, 2.24) is 9.71 Å². The zero-order valence-electron chi connectivity index (χ0n) is 16.8. The highest BCUT2D eigenvalue weighted by Crippen LogP contribution is 2.25. The Bertz CT molecular complexity index is 1300. The molecule has 0 saturated heterocycles. The van der Waals surface area contributed by atoms with Gasteiger partial charge in [-0.2, -0.15) is 0 Å². The maximum absolute atomic E-state index is 12.4. The third-order valence-electron chi connectivity index (χ3n) is 4.51. The molecular weight excluding hydrogens is 452 g/mol. The van der Waals surface area contributed by atoms with Crippen LogP contribution >= 0.6 is 11.3 Å². The van der Waals surface area contributed by atoms with Gasteiger partial charge in [-0.3, -0.25) is 24.6 Å². The van der Waals surface area contributed by atoms with E-state index in [1.54, 1.807) is 18.2 Å². The van der Waals surface area contributed by atoms with E-state index < -0.39 is 34.5 Å². The lowest BCUT2D eigenvalue weighted by Crippen LogP contribution is -2.31. The van der Waals surface area contributed by atoms with Crippen LogP contribution in [0.4, 0.5) is 5.13 Å². The lowest BCUT2D eigenvalue weighted by Gasteiger charge is -2.11. The molecule has 11 heteroatoms. The quantitative estimate of drug-likeness (QED) is 0.533. The Labute approximate surface area is 188 Å². The van der Waals surface area contributed by atoms with E-state index in [2.05, 4.69) is 20.0 Å². The number of carbonyl (C=O) groups is 2. The van der Waals surface area contributed by atoms with Crippen molar-refractivity contribution in [1.29, 1.82) is 0 Å². The number of hydrogen-bond acceptors (Lipinski definition) is 8. The summed E-state index contributed by atoms with van der Waals surface area (Å²) in [6.07, 6.45) is -1.08. The average molecular weight is 471 g/mol. The van der Waals surface area contributed by atoms with Crippen LogP contribution in [0.1, 0.15) is 12.5 Å². The molecule has 0 fully saturated rings. The molecule has 0 spiro atoms. The monoisotopic (exact) mass is 470 g/mol. The molecule has 0 aliphatic carbocycles. The summed E-state index contributed by atoms with van der Waals surface area (Å²) in [5.41, 5.74) is 2.03. The predicted molar refractivity (Wildman–Crippen MR) is 120 cm³/mol. The Morgan fingerprint density at radius 1 is 1.16 bits per heavy atom. The molecule has 1 aromatic heterocycles. The number of rotatable bonds is 6. The van der Waals surface area contributed by atoms with Crippen LogP contribution < -0.4 is 10.0 Å². The van der Waals surface area contributed by atoms with Crippen LogP contribution in [-0.4, -0.2) is 43.8 Å². The molecular formula is C21H18N4O5S2. The first-order valence-corrected chi connectivity index (χ1v) is 11.9. The number of amidine groups is 1. The van der Waals surface area contributed by atoms with Gasteiger partial charge in [-0.05, 0) is 19.1 Å². The third-order valence-corrected chi connectivity index (χ3v) is 6.67. The maximum Gasteiger partial charge on any atom is 0.328 e. The summed E-state index contributed by atoms with van der Waals surface area (Å²) < 4.78 is 31.6. The van der Waals surface area contributed by atoms with Gasteiger partial charge >= 0.3 is 5.97 Å². The van der Waals surface area contributed by atoms with Crippen molar-refractivity contribution in [3.8, 4) is 11.3 Å². The molecule has 32 heavy (non-hydrogen) atoms. The summed E-state index contributed by atoms with van der Waals surface area (Å²) in [4.78, 5) is 32.9. The van der Waals surface area contributed by atoms with E-state index in [0.29, 0.717) is 10.7 Å². The Morgan fingerprint density at radius 3 is 2.66 bits per heavy atom. The molecule has 2 N–H and O–H groups in total. The van der Waals surface area contributed by atoms with Gasteiger partial charge in [0.1, 0.15) is 12.4 Å². The number of ether oxygens (including phenoxy) is 1. The van der Waals surface area contributed by atoms with Crippen LogP contribution in [0.3, 0.4) is 0 Å². The van der Waals surface area contributed by atoms with E-state index in [0.717, 1.165) is 11.3 Å². The minimum absolute atomic E-state index is 0.0610. The number of carbonyl (C=O) groups excluding carboxylic acids is 2. The smallest absolute Gasteiger partial charge is 0.328 e. The summed E-state index contributed by atoms with van der Waals surface area (Å²) in [5, 5.41) is 4.82. The average Bonchev–Trinajstić information content (AvgIpc) is 3.35.